The summed E-state index contributed by atoms with van der Waals surface area (Å²) in [4.78, 5) is 55.6. The fourth-order valence-electron chi connectivity index (χ4n) is 7.50. The number of carbonyl (C=O) groups is 5. The molecule has 0 saturated heterocycles. The van der Waals surface area contributed by atoms with Crippen molar-refractivity contribution in [2.45, 2.75) is 127 Å². The molecule has 0 radical (unpaired) electrons. The number of rotatable bonds is 5. The molecule has 238 valence electrons. The standard InChI is InChI=1S/C11H18N2O3.C11H17NO4.C6H10N2O.ClH/c1-9(2,3)16-8(15)13-11-4-10(5-11,6-11)7(12)14;1-9(2,3)16-8(15)12-11-4-10(5-11,6-11)7(13)14;7-4(9)5-1-6(8,2-5)3-5;/h4-6H2,1-3H3,(H2,12,14)(H,13,15);4-6H2,1-3H3,(H,12,15)(H,13,14);1-3,8H2,(H2,7,9);1H. The number of alkyl carbamates (subject to hydrolysis) is 2. The van der Waals surface area contributed by atoms with Crippen molar-refractivity contribution in [3.05, 3.63) is 0 Å². The first-order valence-electron chi connectivity index (χ1n) is 14.0. The first-order chi connectivity index (χ1) is 18.4. The molecule has 9 aliphatic rings. The molecule has 42 heavy (non-hydrogen) atoms. The van der Waals surface area contributed by atoms with Crippen LogP contribution in [0.1, 0.15) is 99.3 Å². The van der Waals surface area contributed by atoms with E-state index in [1.165, 1.54) is 0 Å². The van der Waals surface area contributed by atoms with E-state index in [1.807, 2.05) is 20.8 Å². The first-order valence-corrected chi connectivity index (χ1v) is 14.0. The summed E-state index contributed by atoms with van der Waals surface area (Å²) in [6.07, 6.45) is 5.21. The maximum Gasteiger partial charge on any atom is 0.408 e. The highest BCUT2D eigenvalue weighted by atomic mass is 35.5. The number of nitrogens with one attached hydrogen (secondary N) is 2. The monoisotopic (exact) mass is 615 g/mol. The molecule has 0 aromatic carbocycles. The van der Waals surface area contributed by atoms with Crippen molar-refractivity contribution in [1.82, 2.24) is 10.6 Å². The third kappa shape index (κ3) is 6.13. The maximum absolute atomic E-state index is 11.5. The van der Waals surface area contributed by atoms with Crippen molar-refractivity contribution >= 4 is 42.4 Å². The van der Waals surface area contributed by atoms with Crippen LogP contribution in [-0.4, -0.2) is 62.9 Å². The number of halogens is 1. The summed E-state index contributed by atoms with van der Waals surface area (Å²) < 4.78 is 10.3. The van der Waals surface area contributed by atoms with Crippen LogP contribution in [0, 0.1) is 16.2 Å². The molecule has 13 nitrogen and oxygen atoms in total. The number of amides is 4. The van der Waals surface area contributed by atoms with Crippen LogP contribution < -0.4 is 27.8 Å². The second-order valence-electron chi connectivity index (χ2n) is 15.6. The van der Waals surface area contributed by atoms with Gasteiger partial charge in [0, 0.05) is 16.6 Å². The lowest BCUT2D eigenvalue weighted by Crippen LogP contribution is -2.78. The summed E-state index contributed by atoms with van der Waals surface area (Å²) in [5.41, 5.74) is 13.5. The average Bonchev–Trinajstić information content (AvgIpc) is 2.59. The molecule has 0 aromatic rings. The van der Waals surface area contributed by atoms with Crippen LogP contribution in [-0.2, 0) is 23.9 Å². The van der Waals surface area contributed by atoms with Gasteiger partial charge in [-0.05, 0) is 99.3 Å². The smallest absolute Gasteiger partial charge is 0.408 e. The van der Waals surface area contributed by atoms with Crippen LogP contribution in [0.3, 0.4) is 0 Å². The second-order valence-corrected chi connectivity index (χ2v) is 15.6. The van der Waals surface area contributed by atoms with Gasteiger partial charge in [-0.2, -0.15) is 0 Å². The summed E-state index contributed by atoms with van der Waals surface area (Å²) in [7, 11) is 0. The molecule has 0 atom stereocenters. The fourth-order valence-corrected chi connectivity index (χ4v) is 7.50. The number of hydrogen-bond acceptors (Lipinski definition) is 8. The molecule has 14 heteroatoms. The van der Waals surface area contributed by atoms with Crippen molar-refractivity contribution in [3.8, 4) is 0 Å². The first kappa shape index (κ1) is 33.7. The Balaban J connectivity index is 0.000000177. The van der Waals surface area contributed by atoms with E-state index in [0.717, 1.165) is 19.3 Å². The van der Waals surface area contributed by atoms with E-state index in [-0.39, 0.29) is 51.7 Å². The van der Waals surface area contributed by atoms with Gasteiger partial charge in [-0.1, -0.05) is 0 Å². The second kappa shape index (κ2) is 9.87. The number of ether oxygens (including phenoxy) is 2. The average molecular weight is 616 g/mol. The van der Waals surface area contributed by atoms with Gasteiger partial charge in [0.25, 0.3) is 0 Å². The summed E-state index contributed by atoms with van der Waals surface area (Å²) in [6, 6.07) is 0. The molecule has 6 bridgehead atoms. The minimum absolute atomic E-state index is 0. The van der Waals surface area contributed by atoms with Gasteiger partial charge in [0.15, 0.2) is 0 Å². The van der Waals surface area contributed by atoms with Gasteiger partial charge in [0.2, 0.25) is 11.8 Å². The van der Waals surface area contributed by atoms with Crippen molar-refractivity contribution in [2.75, 3.05) is 0 Å². The van der Waals surface area contributed by atoms with Crippen LogP contribution >= 0.6 is 12.4 Å². The lowest BCUT2D eigenvalue weighted by molar-refractivity contribution is -0.197. The van der Waals surface area contributed by atoms with Crippen molar-refractivity contribution in [2.24, 2.45) is 33.4 Å². The topological polar surface area (TPSA) is 226 Å². The molecule has 9 aliphatic carbocycles. The van der Waals surface area contributed by atoms with Gasteiger partial charge in [-0.15, -0.1) is 12.4 Å². The van der Waals surface area contributed by atoms with Gasteiger partial charge < -0.3 is 42.4 Å². The Labute approximate surface area is 252 Å². The zero-order valence-electron chi connectivity index (χ0n) is 25.3. The lowest BCUT2D eigenvalue weighted by Gasteiger charge is -2.68. The predicted octanol–water partition coefficient (Wildman–Crippen LogP) is 2.21. The van der Waals surface area contributed by atoms with Crippen molar-refractivity contribution < 1.29 is 38.6 Å². The largest absolute Gasteiger partial charge is 0.481 e. The molecule has 0 heterocycles. The van der Waals surface area contributed by atoms with Gasteiger partial charge in [-0.3, -0.25) is 14.4 Å². The van der Waals surface area contributed by atoms with Gasteiger partial charge >= 0.3 is 18.2 Å². The zero-order chi connectivity index (χ0) is 31.1. The molecule has 9 saturated carbocycles. The number of primary amides is 2. The molecule has 0 unspecified atom stereocenters. The van der Waals surface area contributed by atoms with Crippen LogP contribution in [0.25, 0.3) is 0 Å². The number of hydrogen-bond donors (Lipinski definition) is 6. The van der Waals surface area contributed by atoms with Crippen molar-refractivity contribution in [3.63, 3.8) is 0 Å². The molecule has 9 rings (SSSR count). The molecule has 9 fully saturated rings. The van der Waals surface area contributed by atoms with E-state index in [9.17, 15) is 24.0 Å². The van der Waals surface area contributed by atoms with Crippen LogP contribution in [0.5, 0.6) is 0 Å². The Morgan fingerprint density at radius 3 is 1.12 bits per heavy atom. The summed E-state index contributed by atoms with van der Waals surface area (Å²) in [5, 5.41) is 14.5. The predicted molar refractivity (Wildman–Crippen MR) is 153 cm³/mol. The Hall–Kier alpha value is -2.80. The highest BCUT2D eigenvalue weighted by Gasteiger charge is 2.73. The van der Waals surface area contributed by atoms with Gasteiger partial charge in [0.05, 0.1) is 16.2 Å². The molecular weight excluding hydrogens is 570 g/mol. The highest BCUT2D eigenvalue weighted by Crippen LogP contribution is 2.68. The Morgan fingerprint density at radius 2 is 0.905 bits per heavy atom. The number of carboxylic acid groups (broad SMARTS) is 1. The van der Waals surface area contributed by atoms with E-state index in [1.54, 1.807) is 20.8 Å². The van der Waals surface area contributed by atoms with E-state index in [2.05, 4.69) is 10.6 Å². The summed E-state index contributed by atoms with van der Waals surface area (Å²) >= 11 is 0. The molecule has 0 aromatic heterocycles. The Morgan fingerprint density at radius 1 is 0.619 bits per heavy atom. The third-order valence-corrected chi connectivity index (χ3v) is 9.16. The van der Waals surface area contributed by atoms with Crippen LogP contribution in [0.4, 0.5) is 9.59 Å². The van der Waals surface area contributed by atoms with E-state index in [4.69, 9.17) is 31.8 Å². The molecule has 4 amide bonds. The SMILES string of the molecule is CC(C)(C)OC(=O)NC12CC(C(=O)O)(C1)C2.CC(C)(C)OC(=O)NC12CC(C(N)=O)(C1)C2.Cl.NC(=O)C12CC(N)(C1)C2. The van der Waals surface area contributed by atoms with E-state index in [0.29, 0.717) is 38.5 Å². The number of carboxylic acids is 1. The highest BCUT2D eigenvalue weighted by molar-refractivity contribution is 5.87. The lowest BCUT2D eigenvalue weighted by atomic mass is 9.39. The minimum Gasteiger partial charge on any atom is -0.481 e. The zero-order valence-corrected chi connectivity index (χ0v) is 26.1. The Kier molecular flexibility index (Phi) is 7.92. The number of nitrogens with two attached hydrogens (primary N) is 3. The maximum atomic E-state index is 11.5. The summed E-state index contributed by atoms with van der Waals surface area (Å²) in [6.45, 7) is 10.9. The normalized spacial score (nSPS) is 38.6. The third-order valence-electron chi connectivity index (χ3n) is 9.16. The van der Waals surface area contributed by atoms with Gasteiger partial charge in [-0.25, -0.2) is 9.59 Å². The number of carbonyl (C=O) groups excluding carboxylic acids is 4. The van der Waals surface area contributed by atoms with E-state index >= 15 is 0 Å². The molecule has 0 spiro atoms. The molecule has 0 aliphatic heterocycles. The molecule has 9 N–H and O–H groups in total. The van der Waals surface area contributed by atoms with E-state index < -0.39 is 34.8 Å². The quantitative estimate of drug-likeness (QED) is 0.266. The van der Waals surface area contributed by atoms with Crippen LogP contribution in [0.2, 0.25) is 0 Å². The minimum atomic E-state index is -0.750. The van der Waals surface area contributed by atoms with Crippen LogP contribution in [0.15, 0.2) is 0 Å². The van der Waals surface area contributed by atoms with Gasteiger partial charge in [0.1, 0.15) is 11.2 Å². The fraction of sp³-hybridized carbons (Fsp3) is 0.821. The Bertz CT molecular complexity index is 1060. The van der Waals surface area contributed by atoms with Crippen molar-refractivity contribution in [1.29, 1.82) is 0 Å². The molecular formula is C28H46ClN5O8. The number of aliphatic carboxylic acids is 1. The summed E-state index contributed by atoms with van der Waals surface area (Å²) in [5.74, 6) is -1.16.